The van der Waals surface area contributed by atoms with Gasteiger partial charge in [-0.15, -0.1) is 12.4 Å². The molecule has 122 valence electrons. The highest BCUT2D eigenvalue weighted by molar-refractivity contribution is 7.99. The average Bonchev–Trinajstić information content (AvgIpc) is 2.48. The van der Waals surface area contributed by atoms with Gasteiger partial charge in [0.1, 0.15) is 0 Å². The third-order valence-electron chi connectivity index (χ3n) is 3.34. The Morgan fingerprint density at radius 2 is 2.23 bits per heavy atom. The Kier molecular flexibility index (Phi) is 8.22. The Labute approximate surface area is 140 Å². The molecule has 8 heteroatoms. The van der Waals surface area contributed by atoms with Gasteiger partial charge in [-0.3, -0.25) is 14.9 Å². The molecule has 0 spiro atoms. The first-order chi connectivity index (χ1) is 10.2. The van der Waals surface area contributed by atoms with Gasteiger partial charge in [-0.25, -0.2) is 0 Å². The molecule has 0 saturated carbocycles. The molecule has 1 aliphatic heterocycles. The van der Waals surface area contributed by atoms with Crippen LogP contribution in [0.2, 0.25) is 0 Å². The molecule has 1 atom stereocenters. The van der Waals surface area contributed by atoms with Crippen molar-refractivity contribution in [1.29, 1.82) is 0 Å². The number of nitrogens with zero attached hydrogens (tertiary/aromatic N) is 1. The lowest BCUT2D eigenvalue weighted by Gasteiger charge is -2.22. The zero-order valence-corrected chi connectivity index (χ0v) is 13.8. The van der Waals surface area contributed by atoms with Crippen molar-refractivity contribution >= 4 is 35.8 Å². The van der Waals surface area contributed by atoms with Crippen molar-refractivity contribution in [3.8, 4) is 0 Å². The molecular formula is C14H20ClN3O3S. The number of nitro groups is 1. The van der Waals surface area contributed by atoms with E-state index in [0.717, 1.165) is 18.1 Å². The topological polar surface area (TPSA) is 84.3 Å². The van der Waals surface area contributed by atoms with Crippen molar-refractivity contribution in [1.82, 2.24) is 10.6 Å². The molecule has 0 radical (unpaired) electrons. The maximum atomic E-state index is 11.8. The molecule has 0 bridgehead atoms. The van der Waals surface area contributed by atoms with Crippen LogP contribution in [0.15, 0.2) is 24.3 Å². The summed E-state index contributed by atoms with van der Waals surface area (Å²) >= 11 is 1.85. The highest BCUT2D eigenvalue weighted by Crippen LogP contribution is 2.17. The van der Waals surface area contributed by atoms with E-state index in [-0.39, 0.29) is 35.0 Å². The van der Waals surface area contributed by atoms with Gasteiger partial charge in [-0.2, -0.15) is 11.8 Å². The van der Waals surface area contributed by atoms with Gasteiger partial charge in [0.2, 0.25) is 5.91 Å². The molecule has 1 saturated heterocycles. The van der Waals surface area contributed by atoms with Crippen LogP contribution in [-0.4, -0.2) is 41.5 Å². The fraction of sp³-hybridized carbons (Fsp3) is 0.500. The van der Waals surface area contributed by atoms with Gasteiger partial charge >= 0.3 is 0 Å². The molecule has 1 aromatic rings. The van der Waals surface area contributed by atoms with Crippen LogP contribution in [0.1, 0.15) is 12.0 Å². The predicted molar refractivity (Wildman–Crippen MR) is 90.8 cm³/mol. The smallest absolute Gasteiger partial charge is 0.272 e. The number of amides is 1. The lowest BCUT2D eigenvalue weighted by atomic mass is 10.1. The summed E-state index contributed by atoms with van der Waals surface area (Å²) in [6, 6.07) is 6.86. The standard InChI is InChI=1S/C14H19N3O3S.ClH/c18-14(9-12-10-21-8-7-15-12)16-6-5-11-3-1-2-4-13(11)17(19)20;/h1-4,12,15H,5-10H2,(H,16,18);1H. The second-order valence-corrected chi connectivity index (χ2v) is 6.07. The van der Waals surface area contributed by atoms with E-state index >= 15 is 0 Å². The molecule has 22 heavy (non-hydrogen) atoms. The number of carbonyl (C=O) groups excluding carboxylic acids is 1. The SMILES string of the molecule is Cl.O=C(CC1CSCCN1)NCCc1ccccc1[N+](=O)[O-]. The summed E-state index contributed by atoms with van der Waals surface area (Å²) < 4.78 is 0. The summed E-state index contributed by atoms with van der Waals surface area (Å²) in [6.07, 6.45) is 0.930. The van der Waals surface area contributed by atoms with Crippen LogP contribution in [0.4, 0.5) is 5.69 Å². The Hall–Kier alpha value is -1.31. The van der Waals surface area contributed by atoms with E-state index < -0.39 is 0 Å². The Balaban J connectivity index is 0.00000242. The number of hydrogen-bond acceptors (Lipinski definition) is 5. The third kappa shape index (κ3) is 5.82. The first-order valence-electron chi connectivity index (χ1n) is 6.97. The molecule has 1 aliphatic rings. The molecule has 1 aromatic carbocycles. The van der Waals surface area contributed by atoms with Crippen molar-refractivity contribution < 1.29 is 9.72 Å². The van der Waals surface area contributed by atoms with Crippen LogP contribution >= 0.6 is 24.2 Å². The van der Waals surface area contributed by atoms with Crippen LogP contribution in [-0.2, 0) is 11.2 Å². The van der Waals surface area contributed by atoms with Gasteiger partial charge in [0.15, 0.2) is 0 Å². The van der Waals surface area contributed by atoms with E-state index in [1.807, 2.05) is 11.8 Å². The van der Waals surface area contributed by atoms with E-state index in [9.17, 15) is 14.9 Å². The van der Waals surface area contributed by atoms with Gasteiger partial charge in [-0.1, -0.05) is 18.2 Å². The minimum absolute atomic E-state index is 0. The van der Waals surface area contributed by atoms with E-state index in [4.69, 9.17) is 0 Å². The molecule has 0 aliphatic carbocycles. The first kappa shape index (κ1) is 18.7. The number of para-hydroxylation sites is 1. The Bertz CT molecular complexity index is 510. The summed E-state index contributed by atoms with van der Waals surface area (Å²) in [7, 11) is 0. The average molecular weight is 346 g/mol. The van der Waals surface area contributed by atoms with E-state index in [0.29, 0.717) is 24.9 Å². The van der Waals surface area contributed by atoms with Crippen molar-refractivity contribution in [2.24, 2.45) is 0 Å². The molecule has 1 heterocycles. The monoisotopic (exact) mass is 345 g/mol. The minimum atomic E-state index is -0.389. The number of thioether (sulfide) groups is 1. The Morgan fingerprint density at radius 1 is 1.45 bits per heavy atom. The quantitative estimate of drug-likeness (QED) is 0.606. The molecular weight excluding hydrogens is 326 g/mol. The first-order valence-corrected chi connectivity index (χ1v) is 8.12. The number of nitrogens with one attached hydrogen (secondary N) is 2. The zero-order chi connectivity index (χ0) is 15.1. The molecule has 6 nitrogen and oxygen atoms in total. The molecule has 0 aromatic heterocycles. The van der Waals surface area contributed by atoms with Crippen LogP contribution in [0, 0.1) is 10.1 Å². The highest BCUT2D eigenvalue weighted by Gasteiger charge is 2.17. The molecule has 1 amide bonds. The number of benzene rings is 1. The number of nitro benzene ring substituents is 1. The predicted octanol–water partition coefficient (Wildman–Crippen LogP) is 1.77. The zero-order valence-electron chi connectivity index (χ0n) is 12.1. The van der Waals surface area contributed by atoms with Crippen LogP contribution in [0.25, 0.3) is 0 Å². The molecule has 1 fully saturated rings. The molecule has 2 rings (SSSR count). The number of halogens is 1. The van der Waals surface area contributed by atoms with Crippen molar-refractivity contribution in [2.75, 3.05) is 24.6 Å². The highest BCUT2D eigenvalue weighted by atomic mass is 35.5. The molecule has 1 unspecified atom stereocenters. The van der Waals surface area contributed by atoms with Crippen LogP contribution in [0.3, 0.4) is 0 Å². The lowest BCUT2D eigenvalue weighted by Crippen LogP contribution is -2.41. The second-order valence-electron chi connectivity index (χ2n) is 4.92. The van der Waals surface area contributed by atoms with Crippen molar-refractivity contribution in [2.45, 2.75) is 18.9 Å². The number of carbonyl (C=O) groups is 1. The number of rotatable bonds is 6. The van der Waals surface area contributed by atoms with Gasteiger partial charge in [0.25, 0.3) is 5.69 Å². The summed E-state index contributed by atoms with van der Waals surface area (Å²) in [5.74, 6) is 2.04. The summed E-state index contributed by atoms with van der Waals surface area (Å²) in [6.45, 7) is 1.36. The fourth-order valence-electron chi connectivity index (χ4n) is 2.28. The van der Waals surface area contributed by atoms with E-state index in [1.165, 1.54) is 6.07 Å². The summed E-state index contributed by atoms with van der Waals surface area (Å²) in [5.41, 5.74) is 0.756. The van der Waals surface area contributed by atoms with Gasteiger partial charge in [0.05, 0.1) is 4.92 Å². The maximum absolute atomic E-state index is 11.8. The fourth-order valence-corrected chi connectivity index (χ4v) is 3.23. The van der Waals surface area contributed by atoms with Crippen molar-refractivity contribution in [3.63, 3.8) is 0 Å². The second kappa shape index (κ2) is 9.66. The summed E-state index contributed by atoms with van der Waals surface area (Å²) in [4.78, 5) is 22.3. The third-order valence-corrected chi connectivity index (χ3v) is 4.47. The normalized spacial score (nSPS) is 17.4. The van der Waals surface area contributed by atoms with Crippen molar-refractivity contribution in [3.05, 3.63) is 39.9 Å². The largest absolute Gasteiger partial charge is 0.356 e. The van der Waals surface area contributed by atoms with Crippen LogP contribution in [0.5, 0.6) is 0 Å². The minimum Gasteiger partial charge on any atom is -0.356 e. The summed E-state index contributed by atoms with van der Waals surface area (Å²) in [5, 5.41) is 17.0. The van der Waals surface area contributed by atoms with Gasteiger partial charge in [0, 0.05) is 48.7 Å². The maximum Gasteiger partial charge on any atom is 0.272 e. The lowest BCUT2D eigenvalue weighted by molar-refractivity contribution is -0.385. The van der Waals surface area contributed by atoms with Crippen LogP contribution < -0.4 is 10.6 Å². The van der Waals surface area contributed by atoms with Gasteiger partial charge < -0.3 is 10.6 Å². The Morgan fingerprint density at radius 3 is 2.91 bits per heavy atom. The van der Waals surface area contributed by atoms with E-state index in [2.05, 4.69) is 10.6 Å². The van der Waals surface area contributed by atoms with E-state index in [1.54, 1.807) is 18.2 Å². The number of hydrogen-bond donors (Lipinski definition) is 2. The molecule has 2 N–H and O–H groups in total. The van der Waals surface area contributed by atoms with Gasteiger partial charge in [-0.05, 0) is 6.42 Å².